The number of aromatic nitrogens is 3. The van der Waals surface area contributed by atoms with Crippen molar-refractivity contribution in [1.82, 2.24) is 9.97 Å². The fourth-order valence-electron chi connectivity index (χ4n) is 4.32. The molecular formula is C27H18N3+. The highest BCUT2D eigenvalue weighted by atomic mass is 15.0. The summed E-state index contributed by atoms with van der Waals surface area (Å²) in [7, 11) is 0. The average Bonchev–Trinajstić information content (AvgIpc) is 2.83. The van der Waals surface area contributed by atoms with E-state index in [0.717, 1.165) is 22.2 Å². The molecular weight excluding hydrogens is 366 g/mol. The van der Waals surface area contributed by atoms with Gasteiger partial charge < -0.3 is 0 Å². The minimum Gasteiger partial charge on any atom is -0.253 e. The van der Waals surface area contributed by atoms with Crippen LogP contribution in [-0.4, -0.2) is 9.97 Å². The van der Waals surface area contributed by atoms with Gasteiger partial charge in [0.2, 0.25) is 11.2 Å². The Hall–Kier alpha value is -4.11. The molecule has 0 aliphatic carbocycles. The average molecular weight is 384 g/mol. The van der Waals surface area contributed by atoms with E-state index in [1.165, 1.54) is 27.3 Å². The van der Waals surface area contributed by atoms with Crippen molar-refractivity contribution in [3.8, 4) is 16.8 Å². The molecule has 30 heavy (non-hydrogen) atoms. The molecule has 6 aromatic rings. The first-order valence-electron chi connectivity index (χ1n) is 10.0. The summed E-state index contributed by atoms with van der Waals surface area (Å²) in [6.45, 7) is 0. The van der Waals surface area contributed by atoms with Crippen molar-refractivity contribution in [2.24, 2.45) is 0 Å². The highest BCUT2D eigenvalue weighted by Gasteiger charge is 2.18. The molecule has 0 saturated carbocycles. The minimum absolute atomic E-state index is 0.893. The third kappa shape index (κ3) is 2.56. The summed E-state index contributed by atoms with van der Waals surface area (Å²) in [5, 5.41) is 3.72. The lowest BCUT2D eigenvalue weighted by molar-refractivity contribution is -0.565. The first-order chi connectivity index (χ1) is 14.9. The van der Waals surface area contributed by atoms with Crippen molar-refractivity contribution in [3.63, 3.8) is 0 Å². The molecule has 0 aliphatic rings. The van der Waals surface area contributed by atoms with Crippen LogP contribution >= 0.6 is 0 Å². The molecule has 0 unspecified atom stereocenters. The van der Waals surface area contributed by atoms with Gasteiger partial charge in [0, 0.05) is 30.6 Å². The van der Waals surface area contributed by atoms with E-state index < -0.39 is 0 Å². The summed E-state index contributed by atoms with van der Waals surface area (Å²) in [5.41, 5.74) is 6.43. The number of fused-ring (bicyclic) bond motifs is 3. The smallest absolute Gasteiger partial charge is 0.239 e. The first-order valence-corrected chi connectivity index (χ1v) is 10.0. The van der Waals surface area contributed by atoms with Gasteiger partial charge in [-0.2, -0.15) is 4.57 Å². The maximum absolute atomic E-state index is 4.60. The lowest BCUT2D eigenvalue weighted by atomic mass is 9.95. The lowest BCUT2D eigenvalue weighted by Gasteiger charge is -2.10. The van der Waals surface area contributed by atoms with E-state index in [4.69, 9.17) is 0 Å². The molecule has 0 bridgehead atoms. The zero-order valence-corrected chi connectivity index (χ0v) is 16.2. The Morgan fingerprint density at radius 2 is 1.30 bits per heavy atom. The van der Waals surface area contributed by atoms with Crippen LogP contribution in [0.1, 0.15) is 0 Å². The van der Waals surface area contributed by atoms with Crippen molar-refractivity contribution in [3.05, 3.63) is 110 Å². The van der Waals surface area contributed by atoms with E-state index >= 15 is 0 Å². The maximum Gasteiger partial charge on any atom is 0.239 e. The van der Waals surface area contributed by atoms with E-state index in [2.05, 4.69) is 99.6 Å². The summed E-state index contributed by atoms with van der Waals surface area (Å²) >= 11 is 0. The van der Waals surface area contributed by atoms with Gasteiger partial charge in [-0.15, -0.1) is 0 Å². The topological polar surface area (TPSA) is 29.7 Å². The Morgan fingerprint density at radius 1 is 0.567 bits per heavy atom. The van der Waals surface area contributed by atoms with E-state index in [-0.39, 0.29) is 0 Å². The van der Waals surface area contributed by atoms with Crippen LogP contribution in [0.4, 0.5) is 0 Å². The number of para-hydroxylation sites is 1. The molecule has 0 radical (unpaired) electrons. The van der Waals surface area contributed by atoms with Crippen LogP contribution in [0.5, 0.6) is 0 Å². The summed E-state index contributed by atoms with van der Waals surface area (Å²) in [6, 6.07) is 32.0. The van der Waals surface area contributed by atoms with E-state index in [9.17, 15) is 0 Å². The summed E-state index contributed by atoms with van der Waals surface area (Å²) in [4.78, 5) is 9.07. The SMILES string of the molecule is c1ccc2c(-c3cccc4c3ccc[n+]4-c3cccc4nccnc34)cccc2c1. The molecule has 0 amide bonds. The lowest BCUT2D eigenvalue weighted by Crippen LogP contribution is -2.31. The predicted octanol–water partition coefficient (Wildman–Crippen LogP) is 5.88. The molecule has 0 fully saturated rings. The molecule has 0 atom stereocenters. The molecule has 3 heteroatoms. The van der Waals surface area contributed by atoms with Crippen molar-refractivity contribution >= 4 is 32.7 Å². The van der Waals surface area contributed by atoms with Crippen LogP contribution < -0.4 is 4.57 Å². The van der Waals surface area contributed by atoms with Gasteiger partial charge in [-0.25, -0.2) is 4.98 Å². The molecule has 2 heterocycles. The summed E-state index contributed by atoms with van der Waals surface area (Å²) in [5.74, 6) is 0. The highest BCUT2D eigenvalue weighted by molar-refractivity contribution is 6.04. The second kappa shape index (κ2) is 6.75. The number of hydrogen-bond acceptors (Lipinski definition) is 2. The van der Waals surface area contributed by atoms with Gasteiger partial charge in [0.05, 0.1) is 10.9 Å². The van der Waals surface area contributed by atoms with Crippen molar-refractivity contribution in [2.75, 3.05) is 0 Å². The minimum atomic E-state index is 0.893. The Morgan fingerprint density at radius 3 is 2.27 bits per heavy atom. The molecule has 3 nitrogen and oxygen atoms in total. The monoisotopic (exact) mass is 384 g/mol. The number of benzene rings is 4. The van der Waals surface area contributed by atoms with Crippen molar-refractivity contribution in [2.45, 2.75) is 0 Å². The molecule has 2 aromatic heterocycles. The Kier molecular flexibility index (Phi) is 3.78. The number of hydrogen-bond donors (Lipinski definition) is 0. The third-order valence-electron chi connectivity index (χ3n) is 5.66. The van der Waals surface area contributed by atoms with Gasteiger partial charge in [-0.1, -0.05) is 60.7 Å². The van der Waals surface area contributed by atoms with Gasteiger partial charge >= 0.3 is 0 Å². The second-order valence-corrected chi connectivity index (χ2v) is 7.34. The molecule has 0 N–H and O–H groups in total. The van der Waals surface area contributed by atoms with Crippen molar-refractivity contribution < 1.29 is 4.57 Å². The quantitative estimate of drug-likeness (QED) is 0.349. The fourth-order valence-corrected chi connectivity index (χ4v) is 4.32. The summed E-state index contributed by atoms with van der Waals surface area (Å²) in [6.07, 6.45) is 5.58. The Balaban J connectivity index is 1.67. The maximum atomic E-state index is 4.60. The molecule has 4 aromatic carbocycles. The molecule has 0 saturated heterocycles. The zero-order chi connectivity index (χ0) is 19.9. The Labute approximate surface area is 173 Å². The van der Waals surface area contributed by atoms with Gasteiger partial charge in [-0.05, 0) is 34.0 Å². The second-order valence-electron chi connectivity index (χ2n) is 7.34. The number of nitrogens with zero attached hydrogens (tertiary/aromatic N) is 3. The zero-order valence-electron chi connectivity index (χ0n) is 16.2. The highest BCUT2D eigenvalue weighted by Crippen LogP contribution is 2.33. The van der Waals surface area contributed by atoms with Crippen molar-refractivity contribution in [1.29, 1.82) is 0 Å². The molecule has 0 spiro atoms. The molecule has 6 rings (SSSR count). The predicted molar refractivity (Wildman–Crippen MR) is 122 cm³/mol. The largest absolute Gasteiger partial charge is 0.253 e. The summed E-state index contributed by atoms with van der Waals surface area (Å²) < 4.78 is 2.21. The Bertz CT molecular complexity index is 1420. The van der Waals surface area contributed by atoms with E-state index in [0.29, 0.717) is 0 Å². The van der Waals surface area contributed by atoms with Gasteiger partial charge in [0.1, 0.15) is 0 Å². The normalized spacial score (nSPS) is 11.3. The van der Waals surface area contributed by atoms with E-state index in [1.807, 2.05) is 12.1 Å². The third-order valence-corrected chi connectivity index (χ3v) is 5.66. The standard InChI is InChI=1S/C27H18N3/c1-2-9-20-19(7-1)8-3-10-21(20)22-11-4-14-25-23(22)12-6-18-30(25)26-15-5-13-24-27(26)29-17-16-28-24/h1-18H/q+1. The van der Waals surface area contributed by atoms with Gasteiger partial charge in [0.15, 0.2) is 11.7 Å². The van der Waals surface area contributed by atoms with Gasteiger partial charge in [0.25, 0.3) is 0 Å². The van der Waals surface area contributed by atoms with Crippen LogP contribution in [0.2, 0.25) is 0 Å². The first kappa shape index (κ1) is 16.8. The van der Waals surface area contributed by atoms with Crippen LogP contribution in [0.25, 0.3) is 49.5 Å². The van der Waals surface area contributed by atoms with Crippen LogP contribution in [0.3, 0.4) is 0 Å². The van der Waals surface area contributed by atoms with Gasteiger partial charge in [-0.3, -0.25) is 4.98 Å². The fraction of sp³-hybridized carbons (Fsp3) is 0. The number of pyridine rings is 1. The molecule has 140 valence electrons. The number of rotatable bonds is 2. The van der Waals surface area contributed by atoms with E-state index in [1.54, 1.807) is 12.4 Å². The molecule has 0 aliphatic heterocycles. The van der Waals surface area contributed by atoms with Crippen LogP contribution in [-0.2, 0) is 0 Å². The van der Waals surface area contributed by atoms with Crippen LogP contribution in [0.15, 0.2) is 110 Å². The van der Waals surface area contributed by atoms with Crippen LogP contribution in [0, 0.1) is 0 Å².